The van der Waals surface area contributed by atoms with Crippen molar-refractivity contribution in [3.63, 3.8) is 0 Å². The van der Waals surface area contributed by atoms with Crippen LogP contribution in [0.5, 0.6) is 0 Å². The number of rotatable bonds is 7. The molecular formula is C14H21NO. The molecule has 1 aromatic carbocycles. The molecule has 1 N–H and O–H groups in total. The second kappa shape index (κ2) is 7.91. The Morgan fingerprint density at radius 3 is 2.62 bits per heavy atom. The van der Waals surface area contributed by atoms with Gasteiger partial charge in [-0.25, -0.2) is 0 Å². The SMILES string of the molecule is CCCCNC(=O)CCCc1ccccc1. The molecule has 88 valence electrons. The molecule has 0 aromatic heterocycles. The maximum Gasteiger partial charge on any atom is 0.220 e. The van der Waals surface area contributed by atoms with Crippen LogP contribution in [0.4, 0.5) is 0 Å². The van der Waals surface area contributed by atoms with Gasteiger partial charge in [0.1, 0.15) is 0 Å². The predicted molar refractivity (Wildman–Crippen MR) is 67.3 cm³/mol. The lowest BCUT2D eigenvalue weighted by Crippen LogP contribution is -2.23. The van der Waals surface area contributed by atoms with Crippen LogP contribution in [-0.4, -0.2) is 12.5 Å². The van der Waals surface area contributed by atoms with E-state index in [4.69, 9.17) is 0 Å². The summed E-state index contributed by atoms with van der Waals surface area (Å²) in [4.78, 5) is 11.4. The zero-order valence-electron chi connectivity index (χ0n) is 10.0. The Balaban J connectivity index is 2.09. The van der Waals surface area contributed by atoms with Gasteiger partial charge in [0.15, 0.2) is 0 Å². The Kier molecular flexibility index (Phi) is 6.31. The smallest absolute Gasteiger partial charge is 0.220 e. The zero-order chi connectivity index (χ0) is 11.6. The molecule has 0 aliphatic carbocycles. The van der Waals surface area contributed by atoms with Crippen LogP contribution in [-0.2, 0) is 11.2 Å². The summed E-state index contributed by atoms with van der Waals surface area (Å²) in [6.45, 7) is 2.95. The fraction of sp³-hybridized carbons (Fsp3) is 0.500. The molecular weight excluding hydrogens is 198 g/mol. The minimum Gasteiger partial charge on any atom is -0.356 e. The summed E-state index contributed by atoms with van der Waals surface area (Å²) >= 11 is 0. The Morgan fingerprint density at radius 1 is 1.19 bits per heavy atom. The predicted octanol–water partition coefficient (Wildman–Crippen LogP) is 2.93. The van der Waals surface area contributed by atoms with Gasteiger partial charge in [0.25, 0.3) is 0 Å². The molecule has 0 saturated heterocycles. The van der Waals surface area contributed by atoms with Crippen molar-refractivity contribution in [2.24, 2.45) is 0 Å². The molecule has 0 aliphatic heterocycles. The van der Waals surface area contributed by atoms with Crippen LogP contribution < -0.4 is 5.32 Å². The van der Waals surface area contributed by atoms with E-state index in [-0.39, 0.29) is 5.91 Å². The molecule has 0 radical (unpaired) electrons. The minimum atomic E-state index is 0.185. The fourth-order valence-electron chi connectivity index (χ4n) is 1.59. The third-order valence-electron chi connectivity index (χ3n) is 2.56. The van der Waals surface area contributed by atoms with Gasteiger partial charge in [-0.15, -0.1) is 0 Å². The Morgan fingerprint density at radius 2 is 1.94 bits per heavy atom. The highest BCUT2D eigenvalue weighted by molar-refractivity contribution is 5.75. The summed E-state index contributed by atoms with van der Waals surface area (Å²) in [5.74, 6) is 0.185. The quantitative estimate of drug-likeness (QED) is 0.702. The summed E-state index contributed by atoms with van der Waals surface area (Å²) in [6, 6.07) is 10.3. The first-order valence-electron chi connectivity index (χ1n) is 6.13. The van der Waals surface area contributed by atoms with Crippen molar-refractivity contribution in [3.05, 3.63) is 35.9 Å². The van der Waals surface area contributed by atoms with E-state index in [2.05, 4.69) is 24.4 Å². The minimum absolute atomic E-state index is 0.185. The van der Waals surface area contributed by atoms with Gasteiger partial charge in [0.05, 0.1) is 0 Å². The Labute approximate surface area is 98.1 Å². The molecule has 0 aliphatic rings. The number of amides is 1. The molecule has 0 unspecified atom stereocenters. The lowest BCUT2D eigenvalue weighted by Gasteiger charge is -2.04. The monoisotopic (exact) mass is 219 g/mol. The number of unbranched alkanes of at least 4 members (excludes halogenated alkanes) is 1. The molecule has 1 rings (SSSR count). The molecule has 0 saturated carbocycles. The molecule has 0 atom stereocenters. The average Bonchev–Trinajstić information content (AvgIpc) is 2.31. The third-order valence-corrected chi connectivity index (χ3v) is 2.56. The number of carbonyl (C=O) groups is 1. The van der Waals surface area contributed by atoms with Crippen molar-refractivity contribution in [3.8, 4) is 0 Å². The molecule has 0 fully saturated rings. The normalized spacial score (nSPS) is 10.1. The van der Waals surface area contributed by atoms with Crippen molar-refractivity contribution >= 4 is 5.91 Å². The molecule has 1 aromatic rings. The van der Waals surface area contributed by atoms with Crippen molar-refractivity contribution in [2.45, 2.75) is 39.0 Å². The first-order chi connectivity index (χ1) is 7.83. The molecule has 16 heavy (non-hydrogen) atoms. The van der Waals surface area contributed by atoms with E-state index in [9.17, 15) is 4.79 Å². The number of carbonyl (C=O) groups excluding carboxylic acids is 1. The van der Waals surface area contributed by atoms with Crippen LogP contribution in [0, 0.1) is 0 Å². The summed E-state index contributed by atoms with van der Waals surface area (Å²) in [5.41, 5.74) is 1.31. The van der Waals surface area contributed by atoms with Gasteiger partial charge in [-0.2, -0.15) is 0 Å². The lowest BCUT2D eigenvalue weighted by atomic mass is 10.1. The Bertz CT molecular complexity index is 295. The standard InChI is InChI=1S/C14H21NO/c1-2-3-12-15-14(16)11-7-10-13-8-5-4-6-9-13/h4-6,8-9H,2-3,7,10-12H2,1H3,(H,15,16). The zero-order valence-corrected chi connectivity index (χ0v) is 10.0. The maximum atomic E-state index is 11.4. The number of nitrogens with one attached hydrogen (secondary N) is 1. The second-order valence-corrected chi connectivity index (χ2v) is 4.04. The van der Waals surface area contributed by atoms with E-state index < -0.39 is 0 Å². The highest BCUT2D eigenvalue weighted by atomic mass is 16.1. The molecule has 0 bridgehead atoms. The van der Waals surface area contributed by atoms with Crippen molar-refractivity contribution < 1.29 is 4.79 Å². The maximum absolute atomic E-state index is 11.4. The summed E-state index contributed by atoms with van der Waals surface area (Å²) in [6.07, 6.45) is 4.76. The van der Waals surface area contributed by atoms with E-state index in [0.717, 1.165) is 32.2 Å². The highest BCUT2D eigenvalue weighted by Crippen LogP contribution is 2.04. The molecule has 1 amide bonds. The topological polar surface area (TPSA) is 29.1 Å². The molecule has 0 heterocycles. The van der Waals surface area contributed by atoms with Gasteiger partial charge in [0.2, 0.25) is 5.91 Å². The van der Waals surface area contributed by atoms with Gasteiger partial charge in [-0.3, -0.25) is 4.79 Å². The molecule has 2 nitrogen and oxygen atoms in total. The van der Waals surface area contributed by atoms with E-state index in [1.165, 1.54) is 5.56 Å². The van der Waals surface area contributed by atoms with Crippen molar-refractivity contribution in [2.75, 3.05) is 6.54 Å². The second-order valence-electron chi connectivity index (χ2n) is 4.04. The first kappa shape index (κ1) is 12.8. The molecule has 2 heteroatoms. The van der Waals surface area contributed by atoms with Crippen LogP contribution in [0.1, 0.15) is 38.2 Å². The van der Waals surface area contributed by atoms with Gasteiger partial charge < -0.3 is 5.32 Å². The van der Waals surface area contributed by atoms with Gasteiger partial charge in [-0.05, 0) is 24.8 Å². The van der Waals surface area contributed by atoms with Crippen LogP contribution in [0.3, 0.4) is 0 Å². The number of aryl methyl sites for hydroxylation is 1. The summed E-state index contributed by atoms with van der Waals surface area (Å²) in [7, 11) is 0. The average molecular weight is 219 g/mol. The van der Waals surface area contributed by atoms with Gasteiger partial charge in [0, 0.05) is 13.0 Å². The van der Waals surface area contributed by atoms with E-state index in [1.807, 2.05) is 18.2 Å². The number of hydrogen-bond acceptors (Lipinski definition) is 1. The third kappa shape index (κ3) is 5.54. The van der Waals surface area contributed by atoms with Gasteiger partial charge in [-0.1, -0.05) is 43.7 Å². The number of benzene rings is 1. The first-order valence-corrected chi connectivity index (χ1v) is 6.13. The molecule has 0 spiro atoms. The van der Waals surface area contributed by atoms with Crippen molar-refractivity contribution in [1.82, 2.24) is 5.32 Å². The van der Waals surface area contributed by atoms with E-state index >= 15 is 0 Å². The van der Waals surface area contributed by atoms with Gasteiger partial charge >= 0.3 is 0 Å². The Hall–Kier alpha value is -1.31. The van der Waals surface area contributed by atoms with E-state index in [0.29, 0.717) is 6.42 Å². The largest absolute Gasteiger partial charge is 0.356 e. The highest BCUT2D eigenvalue weighted by Gasteiger charge is 2.00. The van der Waals surface area contributed by atoms with Crippen LogP contribution in [0.25, 0.3) is 0 Å². The number of hydrogen-bond donors (Lipinski definition) is 1. The summed E-state index contributed by atoms with van der Waals surface area (Å²) < 4.78 is 0. The van der Waals surface area contributed by atoms with Crippen LogP contribution >= 0.6 is 0 Å². The van der Waals surface area contributed by atoms with Crippen molar-refractivity contribution in [1.29, 1.82) is 0 Å². The summed E-state index contributed by atoms with van der Waals surface area (Å²) in [5, 5.41) is 2.93. The van der Waals surface area contributed by atoms with Crippen LogP contribution in [0.15, 0.2) is 30.3 Å². The van der Waals surface area contributed by atoms with Crippen LogP contribution in [0.2, 0.25) is 0 Å². The van der Waals surface area contributed by atoms with E-state index in [1.54, 1.807) is 0 Å². The lowest BCUT2D eigenvalue weighted by molar-refractivity contribution is -0.121. The fourth-order valence-corrected chi connectivity index (χ4v) is 1.59.